The summed E-state index contributed by atoms with van der Waals surface area (Å²) in [5.41, 5.74) is 0.534. The third-order valence-electron chi connectivity index (χ3n) is 1.68. The second kappa shape index (κ2) is 3.12. The Labute approximate surface area is 84.5 Å². The molecule has 2 heterocycles. The summed E-state index contributed by atoms with van der Waals surface area (Å²) in [6.07, 6.45) is 1.80. The Kier molecular flexibility index (Phi) is 2.09. The highest BCUT2D eigenvalue weighted by Gasteiger charge is 2.07. The minimum atomic E-state index is 0.124. The average Bonchev–Trinajstić information content (AvgIpc) is 2.47. The van der Waals surface area contributed by atoms with Crippen molar-refractivity contribution in [3.8, 4) is 0 Å². The lowest BCUT2D eigenvalue weighted by Crippen LogP contribution is -1.92. The van der Waals surface area contributed by atoms with Gasteiger partial charge in [-0.15, -0.1) is 0 Å². The van der Waals surface area contributed by atoms with E-state index in [9.17, 15) is 0 Å². The molecule has 0 aromatic carbocycles. The second-order valence-corrected chi connectivity index (χ2v) is 3.20. The molecule has 2 aromatic rings. The Balaban J connectivity index is 2.75. The molecule has 0 fully saturated rings. The maximum atomic E-state index is 5.84. The number of rotatable bonds is 1. The predicted octanol–water partition coefficient (Wildman–Crippen LogP) is 2.15. The van der Waals surface area contributed by atoms with E-state index in [0.717, 1.165) is 11.9 Å². The second-order valence-electron chi connectivity index (χ2n) is 2.51. The molecule has 0 spiro atoms. The summed E-state index contributed by atoms with van der Waals surface area (Å²) in [7, 11) is 0. The van der Waals surface area contributed by atoms with E-state index in [1.54, 1.807) is 10.9 Å². The summed E-state index contributed by atoms with van der Waals surface area (Å²) in [5.74, 6) is 0. The van der Waals surface area contributed by atoms with Crippen LogP contribution in [0.25, 0.3) is 11.0 Å². The van der Waals surface area contributed by atoms with Crippen molar-refractivity contribution in [2.24, 2.45) is 0 Å². The lowest BCUT2D eigenvalue weighted by molar-refractivity contribution is 0.666. The monoisotopic (exact) mass is 216 g/mol. The summed E-state index contributed by atoms with van der Waals surface area (Å²) < 4.78 is 1.74. The minimum absolute atomic E-state index is 0.124. The highest BCUT2D eigenvalue weighted by Crippen LogP contribution is 2.20. The van der Waals surface area contributed by atoms with Crippen molar-refractivity contribution < 1.29 is 0 Å². The van der Waals surface area contributed by atoms with Crippen LogP contribution >= 0.6 is 23.2 Å². The van der Waals surface area contributed by atoms with E-state index >= 15 is 0 Å². The van der Waals surface area contributed by atoms with Gasteiger partial charge in [-0.3, -0.25) is 4.68 Å². The van der Waals surface area contributed by atoms with Crippen LogP contribution in [0.1, 0.15) is 6.92 Å². The van der Waals surface area contributed by atoms with Gasteiger partial charge in [-0.2, -0.15) is 10.1 Å². The van der Waals surface area contributed by atoms with Crippen LogP contribution in [0.5, 0.6) is 0 Å². The third kappa shape index (κ3) is 1.47. The molecule has 0 unspecified atom stereocenters. The zero-order valence-electron chi connectivity index (χ0n) is 6.83. The highest BCUT2D eigenvalue weighted by molar-refractivity contribution is 6.35. The predicted molar refractivity (Wildman–Crippen MR) is 51.0 cm³/mol. The van der Waals surface area contributed by atoms with Crippen molar-refractivity contribution in [2.75, 3.05) is 0 Å². The maximum absolute atomic E-state index is 5.84. The molecule has 6 heteroatoms. The summed E-state index contributed by atoms with van der Waals surface area (Å²) in [5, 5.41) is 5.35. The first-order valence-electron chi connectivity index (χ1n) is 3.77. The van der Waals surface area contributed by atoms with Crippen molar-refractivity contribution in [3.63, 3.8) is 0 Å². The van der Waals surface area contributed by atoms with E-state index in [2.05, 4.69) is 15.1 Å². The topological polar surface area (TPSA) is 43.6 Å². The quantitative estimate of drug-likeness (QED) is 0.543. The largest absolute Gasteiger partial charge is 0.270 e. The van der Waals surface area contributed by atoms with Crippen LogP contribution in [0.3, 0.4) is 0 Å². The molecule has 0 aliphatic rings. The molecule has 4 nitrogen and oxygen atoms in total. The Morgan fingerprint density at radius 3 is 2.85 bits per heavy atom. The number of hydrogen-bond donors (Lipinski definition) is 0. The van der Waals surface area contributed by atoms with Gasteiger partial charge < -0.3 is 0 Å². The lowest BCUT2D eigenvalue weighted by atomic mass is 10.4. The fourth-order valence-corrected chi connectivity index (χ4v) is 1.48. The summed E-state index contributed by atoms with van der Waals surface area (Å²) in [4.78, 5) is 7.76. The molecule has 2 rings (SSSR count). The van der Waals surface area contributed by atoms with Gasteiger partial charge in [-0.25, -0.2) is 4.98 Å². The SMILES string of the molecule is CCn1cc2c(Cl)nc(Cl)nc2n1. The maximum Gasteiger partial charge on any atom is 0.225 e. The molecule has 0 aliphatic heterocycles. The molecule has 0 atom stereocenters. The fraction of sp³-hybridized carbons (Fsp3) is 0.286. The molecular formula is C7H6Cl2N4. The number of aryl methyl sites for hydroxylation is 1. The van der Waals surface area contributed by atoms with E-state index in [0.29, 0.717) is 10.8 Å². The van der Waals surface area contributed by atoms with Gasteiger partial charge in [0.15, 0.2) is 5.65 Å². The molecule has 0 N–H and O–H groups in total. The molecule has 0 amide bonds. The van der Waals surface area contributed by atoms with E-state index < -0.39 is 0 Å². The van der Waals surface area contributed by atoms with Gasteiger partial charge in [0.05, 0.1) is 5.39 Å². The standard InChI is InChI=1S/C7H6Cl2N4/c1-2-13-3-4-5(8)10-7(9)11-6(4)12-13/h3H,2H2,1H3. The number of hydrogen-bond acceptors (Lipinski definition) is 3. The fourth-order valence-electron chi connectivity index (χ4n) is 1.05. The first-order chi connectivity index (χ1) is 6.20. The van der Waals surface area contributed by atoms with Gasteiger partial charge in [0, 0.05) is 12.7 Å². The molecule has 13 heavy (non-hydrogen) atoms. The molecule has 0 saturated heterocycles. The molecule has 0 saturated carbocycles. The number of halogens is 2. The zero-order chi connectivity index (χ0) is 9.42. The molecular weight excluding hydrogens is 211 g/mol. The Morgan fingerprint density at radius 2 is 2.15 bits per heavy atom. The van der Waals surface area contributed by atoms with Crippen molar-refractivity contribution in [1.29, 1.82) is 0 Å². The van der Waals surface area contributed by atoms with Crippen molar-refractivity contribution in [1.82, 2.24) is 19.7 Å². The van der Waals surface area contributed by atoms with Gasteiger partial charge in [0.25, 0.3) is 0 Å². The van der Waals surface area contributed by atoms with Gasteiger partial charge >= 0.3 is 0 Å². The van der Waals surface area contributed by atoms with Crippen LogP contribution in [0, 0.1) is 0 Å². The van der Waals surface area contributed by atoms with Crippen LogP contribution in [-0.2, 0) is 6.54 Å². The highest BCUT2D eigenvalue weighted by atomic mass is 35.5. The van der Waals surface area contributed by atoms with E-state index in [-0.39, 0.29) is 5.28 Å². The van der Waals surface area contributed by atoms with Crippen LogP contribution < -0.4 is 0 Å². The zero-order valence-corrected chi connectivity index (χ0v) is 8.34. The van der Waals surface area contributed by atoms with Crippen LogP contribution in [0.4, 0.5) is 0 Å². The lowest BCUT2D eigenvalue weighted by Gasteiger charge is -1.90. The number of fused-ring (bicyclic) bond motifs is 1. The van der Waals surface area contributed by atoms with Crippen LogP contribution in [-0.4, -0.2) is 19.7 Å². The average molecular weight is 217 g/mol. The Bertz CT molecular complexity index is 451. The van der Waals surface area contributed by atoms with Crippen molar-refractivity contribution in [3.05, 3.63) is 16.6 Å². The first-order valence-corrected chi connectivity index (χ1v) is 4.52. The number of aromatic nitrogens is 4. The van der Waals surface area contributed by atoms with E-state index in [1.807, 2.05) is 6.92 Å². The third-order valence-corrected chi connectivity index (χ3v) is 2.13. The minimum Gasteiger partial charge on any atom is -0.270 e. The summed E-state index contributed by atoms with van der Waals surface area (Å²) in [6.45, 7) is 2.75. The smallest absolute Gasteiger partial charge is 0.225 e. The molecule has 0 bridgehead atoms. The van der Waals surface area contributed by atoms with Crippen molar-refractivity contribution >= 4 is 34.2 Å². The van der Waals surface area contributed by atoms with Gasteiger partial charge in [-0.05, 0) is 18.5 Å². The Morgan fingerprint density at radius 1 is 1.38 bits per heavy atom. The van der Waals surface area contributed by atoms with E-state index in [1.165, 1.54) is 0 Å². The van der Waals surface area contributed by atoms with Gasteiger partial charge in [-0.1, -0.05) is 11.6 Å². The first kappa shape index (κ1) is 8.72. The van der Waals surface area contributed by atoms with Crippen molar-refractivity contribution in [2.45, 2.75) is 13.5 Å². The summed E-state index contributed by atoms with van der Waals surface area (Å²) >= 11 is 11.5. The normalized spacial score (nSPS) is 11.0. The summed E-state index contributed by atoms with van der Waals surface area (Å²) in [6, 6.07) is 0. The molecule has 68 valence electrons. The molecule has 0 aliphatic carbocycles. The van der Waals surface area contributed by atoms with Gasteiger partial charge in [0.1, 0.15) is 5.15 Å². The number of nitrogens with zero attached hydrogens (tertiary/aromatic N) is 4. The van der Waals surface area contributed by atoms with Gasteiger partial charge in [0.2, 0.25) is 5.28 Å². The molecule has 0 radical (unpaired) electrons. The molecule has 2 aromatic heterocycles. The van der Waals surface area contributed by atoms with Crippen LogP contribution in [0.15, 0.2) is 6.20 Å². The van der Waals surface area contributed by atoms with E-state index in [4.69, 9.17) is 23.2 Å². The van der Waals surface area contributed by atoms with Crippen LogP contribution in [0.2, 0.25) is 10.4 Å². The Hall–Kier alpha value is -0.870.